The molecule has 4 atom stereocenters. The van der Waals surface area contributed by atoms with Crippen molar-refractivity contribution in [1.82, 2.24) is 15.8 Å². The number of nitrogens with one attached hydrogen (secondary N) is 2. The lowest BCUT2D eigenvalue weighted by Crippen LogP contribution is -2.57. The Bertz CT molecular complexity index is 1700. The normalized spacial score (nSPS) is 18.0. The molecular weight excluding hydrogens is 584 g/mol. The number of aliphatic hydroxyl groups excluding tert-OH is 1. The molecule has 0 spiro atoms. The zero-order chi connectivity index (χ0) is 33.6. The van der Waals surface area contributed by atoms with Gasteiger partial charge in [-0.25, -0.2) is 5.01 Å². The van der Waals surface area contributed by atoms with Crippen LogP contribution in [-0.2, 0) is 23.4 Å². The number of hydrogen-bond acceptors (Lipinski definition) is 6. The van der Waals surface area contributed by atoms with Crippen LogP contribution >= 0.6 is 0 Å². The fourth-order valence-corrected chi connectivity index (χ4v) is 5.93. The second-order valence-electron chi connectivity index (χ2n) is 13.5. The molecule has 0 radical (unpaired) electrons. The third kappa shape index (κ3) is 8.25. The molecule has 1 aliphatic carbocycles. The van der Waals surface area contributed by atoms with E-state index in [1.54, 1.807) is 5.01 Å². The van der Waals surface area contributed by atoms with E-state index >= 15 is 0 Å². The van der Waals surface area contributed by atoms with Gasteiger partial charge in [-0.05, 0) is 38.8 Å². The maximum absolute atomic E-state index is 13.5. The first-order valence-corrected chi connectivity index (χ1v) is 16.1. The summed E-state index contributed by atoms with van der Waals surface area (Å²) in [5, 5.41) is 28.7. The standard InChI is InChI=1S/C40H46N4O3/c1-28(42-36-34-21-12-11-18-32(34)25-35(36)45)40(47,33-19-9-6-10-20-33)27-44(43-38(46)37(41)39(2,3)4)26-31-17-13-16-30(24-31)23-22-29-14-7-5-8-15-29/h5-24,35-37,42,45,47H,1,25-27,41H2,2-4H3,(H,43,46)/b23-22+/t35-,36+,37-,40+/m1/s1. The van der Waals surface area contributed by atoms with Crippen molar-refractivity contribution in [1.29, 1.82) is 0 Å². The molecule has 47 heavy (non-hydrogen) atoms. The van der Waals surface area contributed by atoms with Gasteiger partial charge in [0, 0.05) is 18.7 Å². The molecule has 0 fully saturated rings. The Morgan fingerprint density at radius 2 is 1.55 bits per heavy atom. The van der Waals surface area contributed by atoms with Crippen LogP contribution in [-0.4, -0.2) is 39.8 Å². The highest BCUT2D eigenvalue weighted by Gasteiger charge is 2.40. The van der Waals surface area contributed by atoms with Gasteiger partial charge in [-0.1, -0.05) is 149 Å². The molecule has 244 valence electrons. The van der Waals surface area contributed by atoms with E-state index in [-0.39, 0.29) is 19.0 Å². The van der Waals surface area contributed by atoms with E-state index in [0.717, 1.165) is 27.8 Å². The third-order valence-corrected chi connectivity index (χ3v) is 8.78. The highest BCUT2D eigenvalue weighted by molar-refractivity contribution is 5.81. The van der Waals surface area contributed by atoms with E-state index in [1.807, 2.05) is 130 Å². The molecule has 0 unspecified atom stereocenters. The predicted molar refractivity (Wildman–Crippen MR) is 189 cm³/mol. The Morgan fingerprint density at radius 1 is 0.936 bits per heavy atom. The van der Waals surface area contributed by atoms with Gasteiger partial charge in [-0.3, -0.25) is 10.2 Å². The first kappa shape index (κ1) is 33.8. The van der Waals surface area contributed by atoms with Crippen molar-refractivity contribution in [2.24, 2.45) is 11.1 Å². The summed E-state index contributed by atoms with van der Waals surface area (Å²) in [6.45, 7) is 10.3. The number of nitrogens with two attached hydrogens (primary N) is 1. The molecule has 0 heterocycles. The monoisotopic (exact) mass is 630 g/mol. The number of benzene rings is 4. The van der Waals surface area contributed by atoms with Crippen LogP contribution in [0.5, 0.6) is 0 Å². The van der Waals surface area contributed by atoms with E-state index in [4.69, 9.17) is 5.73 Å². The van der Waals surface area contributed by atoms with Crippen LogP contribution in [0.25, 0.3) is 12.2 Å². The lowest BCUT2D eigenvalue weighted by atomic mass is 9.87. The van der Waals surface area contributed by atoms with Crippen molar-refractivity contribution < 1.29 is 15.0 Å². The summed E-state index contributed by atoms with van der Waals surface area (Å²) >= 11 is 0. The molecule has 0 saturated heterocycles. The molecule has 5 rings (SSSR count). The van der Waals surface area contributed by atoms with Gasteiger partial charge in [-0.15, -0.1) is 0 Å². The van der Waals surface area contributed by atoms with Crippen molar-refractivity contribution in [2.45, 2.75) is 57.5 Å². The molecule has 7 nitrogen and oxygen atoms in total. The molecule has 6 N–H and O–H groups in total. The summed E-state index contributed by atoms with van der Waals surface area (Å²) in [6.07, 6.45) is 3.93. The van der Waals surface area contributed by atoms with E-state index in [0.29, 0.717) is 17.7 Å². The smallest absolute Gasteiger partial charge is 0.251 e. The SMILES string of the molecule is C=C(N[C@H]1c2ccccc2C[C@H]1O)[C@@](O)(CN(Cc1cccc(/C=C/c2ccccc2)c1)NC(=O)[C@@H](N)C(C)(C)C)c1ccccc1. The second kappa shape index (κ2) is 14.5. The van der Waals surface area contributed by atoms with E-state index in [2.05, 4.69) is 29.5 Å². The minimum Gasteiger partial charge on any atom is -0.390 e. The Balaban J connectivity index is 1.46. The van der Waals surface area contributed by atoms with Crippen LogP contribution in [0.4, 0.5) is 0 Å². The molecule has 0 saturated carbocycles. The Hall–Kier alpha value is -4.53. The van der Waals surface area contributed by atoms with E-state index < -0.39 is 29.2 Å². The van der Waals surface area contributed by atoms with Crippen LogP contribution < -0.4 is 16.5 Å². The summed E-state index contributed by atoms with van der Waals surface area (Å²) < 4.78 is 0. The molecule has 4 aromatic carbocycles. The number of hydrogen-bond donors (Lipinski definition) is 5. The van der Waals surface area contributed by atoms with Crippen LogP contribution in [0.15, 0.2) is 121 Å². The molecular formula is C40H46N4O3. The summed E-state index contributed by atoms with van der Waals surface area (Å²) in [4.78, 5) is 13.5. The lowest BCUT2D eigenvalue weighted by Gasteiger charge is -2.39. The van der Waals surface area contributed by atoms with Crippen LogP contribution in [0.2, 0.25) is 0 Å². The van der Waals surface area contributed by atoms with E-state index in [1.165, 1.54) is 0 Å². The number of carbonyl (C=O) groups is 1. The summed E-state index contributed by atoms with van der Waals surface area (Å²) in [7, 11) is 0. The van der Waals surface area contributed by atoms with Gasteiger partial charge in [0.2, 0.25) is 0 Å². The number of nitrogens with zero attached hydrogens (tertiary/aromatic N) is 1. The van der Waals surface area contributed by atoms with Gasteiger partial charge in [0.05, 0.1) is 24.7 Å². The largest absolute Gasteiger partial charge is 0.390 e. The van der Waals surface area contributed by atoms with Crippen molar-refractivity contribution in [2.75, 3.05) is 6.54 Å². The van der Waals surface area contributed by atoms with Gasteiger partial charge >= 0.3 is 0 Å². The fourth-order valence-electron chi connectivity index (χ4n) is 5.93. The Morgan fingerprint density at radius 3 is 2.26 bits per heavy atom. The highest BCUT2D eigenvalue weighted by atomic mass is 16.3. The maximum atomic E-state index is 13.5. The summed E-state index contributed by atoms with van der Waals surface area (Å²) in [5.41, 5.74) is 13.2. The Labute approximate surface area is 278 Å². The average Bonchev–Trinajstić information content (AvgIpc) is 3.38. The summed E-state index contributed by atoms with van der Waals surface area (Å²) in [6, 6.07) is 34.0. The van der Waals surface area contributed by atoms with Crippen molar-refractivity contribution in [3.63, 3.8) is 0 Å². The predicted octanol–water partition coefficient (Wildman–Crippen LogP) is 5.71. The summed E-state index contributed by atoms with van der Waals surface area (Å²) in [5.74, 6) is -0.355. The number of hydrazine groups is 1. The number of fused-ring (bicyclic) bond motifs is 1. The second-order valence-corrected chi connectivity index (χ2v) is 13.5. The van der Waals surface area contributed by atoms with Crippen molar-refractivity contribution in [3.8, 4) is 0 Å². The highest BCUT2D eigenvalue weighted by Crippen LogP contribution is 2.36. The van der Waals surface area contributed by atoms with Gasteiger partial charge in [0.1, 0.15) is 5.60 Å². The van der Waals surface area contributed by atoms with Gasteiger partial charge in [0.25, 0.3) is 5.91 Å². The third-order valence-electron chi connectivity index (χ3n) is 8.78. The molecule has 0 aromatic heterocycles. The van der Waals surface area contributed by atoms with Gasteiger partial charge < -0.3 is 21.3 Å². The molecule has 4 aromatic rings. The first-order valence-electron chi connectivity index (χ1n) is 16.1. The Kier molecular flexibility index (Phi) is 10.4. The van der Waals surface area contributed by atoms with Crippen LogP contribution in [0.1, 0.15) is 60.2 Å². The molecule has 7 heteroatoms. The zero-order valence-electron chi connectivity index (χ0n) is 27.4. The number of carbonyl (C=O) groups excluding carboxylic acids is 1. The topological polar surface area (TPSA) is 111 Å². The lowest BCUT2D eigenvalue weighted by molar-refractivity contribution is -0.131. The number of amides is 1. The average molecular weight is 631 g/mol. The minimum atomic E-state index is -1.66. The van der Waals surface area contributed by atoms with Gasteiger partial charge in [0.15, 0.2) is 0 Å². The van der Waals surface area contributed by atoms with Crippen molar-refractivity contribution >= 4 is 18.1 Å². The molecule has 1 amide bonds. The maximum Gasteiger partial charge on any atom is 0.251 e. The van der Waals surface area contributed by atoms with Gasteiger partial charge in [-0.2, -0.15) is 0 Å². The zero-order valence-corrected chi connectivity index (χ0v) is 27.4. The van der Waals surface area contributed by atoms with Crippen molar-refractivity contribution in [3.05, 3.63) is 155 Å². The van der Waals surface area contributed by atoms with Crippen LogP contribution in [0, 0.1) is 5.41 Å². The molecule has 0 bridgehead atoms. The molecule has 1 aliphatic rings. The van der Waals surface area contributed by atoms with Crippen LogP contribution in [0.3, 0.4) is 0 Å². The number of aliphatic hydroxyl groups is 2. The fraction of sp³-hybridized carbons (Fsp3) is 0.275. The first-order chi connectivity index (χ1) is 22.4. The minimum absolute atomic E-state index is 0.0417. The quantitative estimate of drug-likeness (QED) is 0.101. The molecule has 0 aliphatic heterocycles. The number of rotatable bonds is 12. The van der Waals surface area contributed by atoms with E-state index in [9.17, 15) is 15.0 Å².